The van der Waals surface area contributed by atoms with Crippen molar-refractivity contribution in [1.82, 2.24) is 14.4 Å². The third kappa shape index (κ3) is 1.54. The highest BCUT2D eigenvalue weighted by Gasteiger charge is 2.08. The van der Waals surface area contributed by atoms with Crippen LogP contribution in [0, 0.1) is 18.3 Å². The van der Waals surface area contributed by atoms with Crippen molar-refractivity contribution in [3.05, 3.63) is 54.2 Å². The molecule has 3 rings (SSSR count). The molecule has 0 fully saturated rings. The van der Waals surface area contributed by atoms with Gasteiger partial charge in [0.2, 0.25) is 0 Å². The van der Waals surface area contributed by atoms with E-state index in [9.17, 15) is 0 Å². The molecule has 0 spiro atoms. The Morgan fingerprint density at radius 3 is 2.89 bits per heavy atom. The maximum Gasteiger partial charge on any atom is 0.0997 e. The van der Waals surface area contributed by atoms with Crippen LogP contribution in [0.2, 0.25) is 0 Å². The number of nitrogens with zero attached hydrogens (tertiary/aromatic N) is 4. The molecule has 4 heteroatoms. The smallest absolute Gasteiger partial charge is 0.0997 e. The second kappa shape index (κ2) is 3.97. The lowest BCUT2D eigenvalue weighted by atomic mass is 10.1. The summed E-state index contributed by atoms with van der Waals surface area (Å²) in [6, 6.07) is 7.81. The Labute approximate surface area is 104 Å². The van der Waals surface area contributed by atoms with Crippen LogP contribution in [0.3, 0.4) is 0 Å². The zero-order valence-electron chi connectivity index (χ0n) is 9.83. The lowest BCUT2D eigenvalue weighted by molar-refractivity contribution is 1.14. The summed E-state index contributed by atoms with van der Waals surface area (Å²) >= 11 is 0. The Bertz CT molecular complexity index is 765. The number of fused-ring (bicyclic) bond motifs is 1. The van der Waals surface area contributed by atoms with E-state index in [1.54, 1.807) is 18.7 Å². The van der Waals surface area contributed by atoms with Crippen molar-refractivity contribution in [2.24, 2.45) is 0 Å². The SMILES string of the molecule is Cc1ccncc1-c1cc(C#N)cc2cncn12. The summed E-state index contributed by atoms with van der Waals surface area (Å²) in [5, 5.41) is 9.08. The van der Waals surface area contributed by atoms with Gasteiger partial charge in [-0.1, -0.05) is 0 Å². The molecule has 0 radical (unpaired) electrons. The molecule has 0 aromatic carbocycles. The van der Waals surface area contributed by atoms with Crippen molar-refractivity contribution in [2.75, 3.05) is 0 Å². The van der Waals surface area contributed by atoms with Gasteiger partial charge in [0, 0.05) is 18.0 Å². The standard InChI is InChI=1S/C14H10N4/c1-10-2-3-16-8-13(10)14-5-11(6-15)4-12-7-17-9-18(12)14/h2-5,7-9H,1H3. The molecule has 0 aliphatic heterocycles. The molecule has 0 saturated carbocycles. The summed E-state index contributed by atoms with van der Waals surface area (Å²) in [6.45, 7) is 2.03. The molecule has 0 atom stereocenters. The van der Waals surface area contributed by atoms with E-state index in [1.807, 2.05) is 35.7 Å². The zero-order valence-corrected chi connectivity index (χ0v) is 9.83. The second-order valence-electron chi connectivity index (χ2n) is 4.12. The van der Waals surface area contributed by atoms with Crippen LogP contribution in [0.25, 0.3) is 16.8 Å². The highest BCUT2D eigenvalue weighted by molar-refractivity contribution is 5.69. The Hall–Kier alpha value is -2.67. The van der Waals surface area contributed by atoms with Gasteiger partial charge in [0.1, 0.15) is 0 Å². The van der Waals surface area contributed by atoms with Crippen LogP contribution < -0.4 is 0 Å². The first-order valence-electron chi connectivity index (χ1n) is 5.57. The highest BCUT2D eigenvalue weighted by Crippen LogP contribution is 2.24. The summed E-state index contributed by atoms with van der Waals surface area (Å²) in [4.78, 5) is 8.28. The minimum atomic E-state index is 0.626. The monoisotopic (exact) mass is 234 g/mol. The van der Waals surface area contributed by atoms with E-state index >= 15 is 0 Å². The average molecular weight is 234 g/mol. The van der Waals surface area contributed by atoms with Crippen molar-refractivity contribution in [1.29, 1.82) is 5.26 Å². The molecule has 0 saturated heterocycles. The molecule has 0 aliphatic rings. The van der Waals surface area contributed by atoms with Gasteiger partial charge in [-0.25, -0.2) is 4.98 Å². The molecule has 3 heterocycles. The predicted molar refractivity (Wildman–Crippen MR) is 67.9 cm³/mol. The number of hydrogen-bond donors (Lipinski definition) is 0. The third-order valence-electron chi connectivity index (χ3n) is 2.97. The van der Waals surface area contributed by atoms with Crippen molar-refractivity contribution in [3.8, 4) is 17.3 Å². The second-order valence-corrected chi connectivity index (χ2v) is 4.12. The quantitative estimate of drug-likeness (QED) is 0.650. The van der Waals surface area contributed by atoms with Crippen LogP contribution in [-0.4, -0.2) is 14.4 Å². The van der Waals surface area contributed by atoms with Gasteiger partial charge in [-0.2, -0.15) is 5.26 Å². The number of aromatic nitrogens is 3. The predicted octanol–water partition coefficient (Wildman–Crippen LogP) is 2.58. The minimum Gasteiger partial charge on any atom is -0.299 e. The van der Waals surface area contributed by atoms with Crippen molar-refractivity contribution in [3.63, 3.8) is 0 Å². The lowest BCUT2D eigenvalue weighted by Gasteiger charge is -2.08. The van der Waals surface area contributed by atoms with Crippen LogP contribution in [0.15, 0.2) is 43.1 Å². The van der Waals surface area contributed by atoms with Gasteiger partial charge < -0.3 is 0 Å². The molecule has 0 aliphatic carbocycles. The van der Waals surface area contributed by atoms with Gasteiger partial charge in [0.05, 0.1) is 35.4 Å². The Morgan fingerprint density at radius 2 is 2.11 bits per heavy atom. The molecule has 86 valence electrons. The number of imidazole rings is 1. The number of pyridine rings is 2. The van der Waals surface area contributed by atoms with Crippen LogP contribution in [0.5, 0.6) is 0 Å². The number of rotatable bonds is 1. The molecule has 0 amide bonds. The van der Waals surface area contributed by atoms with Crippen LogP contribution in [0.4, 0.5) is 0 Å². The van der Waals surface area contributed by atoms with E-state index in [2.05, 4.69) is 16.0 Å². The van der Waals surface area contributed by atoms with E-state index in [0.717, 1.165) is 22.3 Å². The van der Waals surface area contributed by atoms with Gasteiger partial charge >= 0.3 is 0 Å². The molecule has 0 bridgehead atoms. The van der Waals surface area contributed by atoms with Gasteiger partial charge in [-0.15, -0.1) is 0 Å². The topological polar surface area (TPSA) is 54.0 Å². The van der Waals surface area contributed by atoms with E-state index in [0.29, 0.717) is 5.56 Å². The Kier molecular flexibility index (Phi) is 2.31. The zero-order chi connectivity index (χ0) is 12.5. The number of aryl methyl sites for hydroxylation is 1. The summed E-state index contributed by atoms with van der Waals surface area (Å²) in [5.74, 6) is 0. The van der Waals surface area contributed by atoms with Crippen LogP contribution in [0.1, 0.15) is 11.1 Å². The van der Waals surface area contributed by atoms with Gasteiger partial charge in [-0.05, 0) is 30.7 Å². The van der Waals surface area contributed by atoms with E-state index in [-0.39, 0.29) is 0 Å². The average Bonchev–Trinajstić information content (AvgIpc) is 2.86. The van der Waals surface area contributed by atoms with Crippen molar-refractivity contribution < 1.29 is 0 Å². The van der Waals surface area contributed by atoms with Gasteiger partial charge in [-0.3, -0.25) is 9.38 Å². The van der Waals surface area contributed by atoms with Crippen LogP contribution in [-0.2, 0) is 0 Å². The molecular weight excluding hydrogens is 224 g/mol. The van der Waals surface area contributed by atoms with Crippen LogP contribution >= 0.6 is 0 Å². The molecule has 3 aromatic heterocycles. The molecule has 0 unspecified atom stereocenters. The maximum absolute atomic E-state index is 9.08. The molecule has 3 aromatic rings. The van der Waals surface area contributed by atoms with Gasteiger partial charge in [0.15, 0.2) is 0 Å². The van der Waals surface area contributed by atoms with Gasteiger partial charge in [0.25, 0.3) is 0 Å². The van der Waals surface area contributed by atoms with E-state index in [4.69, 9.17) is 5.26 Å². The minimum absolute atomic E-state index is 0.626. The summed E-state index contributed by atoms with van der Waals surface area (Å²) in [6.07, 6.45) is 7.07. The Morgan fingerprint density at radius 1 is 1.22 bits per heavy atom. The third-order valence-corrected chi connectivity index (χ3v) is 2.97. The first-order chi connectivity index (χ1) is 8.79. The Balaban J connectivity index is 2.38. The fourth-order valence-corrected chi connectivity index (χ4v) is 2.04. The van der Waals surface area contributed by atoms with Crippen molar-refractivity contribution in [2.45, 2.75) is 6.92 Å². The molecule has 0 N–H and O–H groups in total. The summed E-state index contributed by atoms with van der Waals surface area (Å²) < 4.78 is 1.96. The van der Waals surface area contributed by atoms with E-state index < -0.39 is 0 Å². The fourth-order valence-electron chi connectivity index (χ4n) is 2.04. The number of nitriles is 1. The molecule has 18 heavy (non-hydrogen) atoms. The fraction of sp³-hybridized carbons (Fsp3) is 0.0714. The first kappa shape index (κ1) is 10.5. The highest BCUT2D eigenvalue weighted by atomic mass is 15.0. The summed E-state index contributed by atoms with van der Waals surface area (Å²) in [5.41, 5.74) is 4.60. The summed E-state index contributed by atoms with van der Waals surface area (Å²) in [7, 11) is 0. The van der Waals surface area contributed by atoms with E-state index in [1.165, 1.54) is 0 Å². The first-order valence-corrected chi connectivity index (χ1v) is 5.57. The molecular formula is C14H10N4. The molecule has 4 nitrogen and oxygen atoms in total. The normalized spacial score (nSPS) is 10.4. The van der Waals surface area contributed by atoms with Crippen molar-refractivity contribution >= 4 is 5.52 Å². The lowest BCUT2D eigenvalue weighted by Crippen LogP contribution is -1.94. The number of hydrogen-bond acceptors (Lipinski definition) is 3. The maximum atomic E-state index is 9.08. The largest absolute Gasteiger partial charge is 0.299 e.